The molecule has 0 spiro atoms. The van der Waals surface area contributed by atoms with E-state index in [0.717, 1.165) is 22.9 Å². The molecule has 0 aromatic heterocycles. The molecule has 2 fully saturated rings. The Morgan fingerprint density at radius 2 is 2.15 bits per heavy atom. The monoisotopic (exact) mass is 293 g/mol. The number of anilines is 1. The molecule has 0 radical (unpaired) electrons. The van der Waals surface area contributed by atoms with Gasteiger partial charge in [-0.2, -0.15) is 0 Å². The van der Waals surface area contributed by atoms with E-state index in [1.165, 1.54) is 0 Å². The van der Waals surface area contributed by atoms with Crippen LogP contribution >= 0.6 is 11.8 Å². The largest absolute Gasteiger partial charge is 0.439 e. The van der Waals surface area contributed by atoms with Crippen LogP contribution < -0.4 is 16.0 Å². The van der Waals surface area contributed by atoms with Gasteiger partial charge in [-0.15, -0.1) is 11.8 Å². The summed E-state index contributed by atoms with van der Waals surface area (Å²) >= 11 is 1.71. The highest BCUT2D eigenvalue weighted by molar-refractivity contribution is 7.99. The van der Waals surface area contributed by atoms with E-state index in [4.69, 9.17) is 4.74 Å². The second kappa shape index (κ2) is 5.72. The third kappa shape index (κ3) is 2.88. The summed E-state index contributed by atoms with van der Waals surface area (Å²) in [6.45, 7) is 0.480. The van der Waals surface area contributed by atoms with Crippen molar-refractivity contribution < 1.29 is 14.3 Å². The van der Waals surface area contributed by atoms with Gasteiger partial charge in [0.1, 0.15) is 6.10 Å². The molecule has 3 rings (SSSR count). The Labute approximate surface area is 120 Å². The van der Waals surface area contributed by atoms with Crippen LogP contribution in [-0.2, 0) is 9.53 Å². The SMILES string of the molecule is O=C1NCC(c2ccc(NC(=O)C3CSCN3)cc2)O1. The van der Waals surface area contributed by atoms with Gasteiger partial charge in [0.15, 0.2) is 0 Å². The first-order valence-electron chi connectivity index (χ1n) is 6.39. The molecule has 1 aromatic carbocycles. The molecule has 0 saturated carbocycles. The lowest BCUT2D eigenvalue weighted by molar-refractivity contribution is -0.117. The minimum atomic E-state index is -0.391. The second-order valence-electron chi connectivity index (χ2n) is 4.66. The third-order valence-electron chi connectivity index (χ3n) is 3.26. The summed E-state index contributed by atoms with van der Waals surface area (Å²) < 4.78 is 5.10. The van der Waals surface area contributed by atoms with Gasteiger partial charge in [-0.3, -0.25) is 10.1 Å². The normalized spacial score (nSPS) is 25.1. The van der Waals surface area contributed by atoms with Crippen LogP contribution in [0.1, 0.15) is 11.7 Å². The summed E-state index contributed by atoms with van der Waals surface area (Å²) in [5, 5.41) is 8.61. The average Bonchev–Trinajstić information content (AvgIpc) is 3.10. The summed E-state index contributed by atoms with van der Waals surface area (Å²) in [5.41, 5.74) is 1.66. The molecular formula is C13H15N3O3S. The fourth-order valence-corrected chi connectivity index (χ4v) is 3.09. The third-order valence-corrected chi connectivity index (χ3v) is 4.20. The van der Waals surface area contributed by atoms with E-state index in [1.807, 2.05) is 24.3 Å². The van der Waals surface area contributed by atoms with E-state index in [-0.39, 0.29) is 18.1 Å². The lowest BCUT2D eigenvalue weighted by atomic mass is 10.1. The Bertz CT molecular complexity index is 514. The van der Waals surface area contributed by atoms with Gasteiger partial charge in [-0.05, 0) is 17.7 Å². The molecule has 2 heterocycles. The number of rotatable bonds is 3. The Hall–Kier alpha value is -1.73. The van der Waals surface area contributed by atoms with Crippen molar-refractivity contribution in [1.82, 2.24) is 10.6 Å². The second-order valence-corrected chi connectivity index (χ2v) is 5.69. The van der Waals surface area contributed by atoms with Crippen LogP contribution in [0.15, 0.2) is 24.3 Å². The number of cyclic esters (lactones) is 1. The molecule has 2 unspecified atom stereocenters. The zero-order valence-electron chi connectivity index (χ0n) is 10.7. The molecule has 7 heteroatoms. The van der Waals surface area contributed by atoms with Crippen molar-refractivity contribution >= 4 is 29.4 Å². The maximum absolute atomic E-state index is 11.9. The standard InChI is InChI=1S/C13H15N3O3S/c17-12(10-6-20-7-15-10)16-9-3-1-8(2-4-9)11-5-14-13(18)19-11/h1-4,10-11,15H,5-7H2,(H,14,18)(H,16,17). The first-order chi connectivity index (χ1) is 9.72. The summed E-state index contributed by atoms with van der Waals surface area (Å²) in [7, 11) is 0. The molecule has 1 aromatic rings. The van der Waals surface area contributed by atoms with Gasteiger partial charge in [0.2, 0.25) is 5.91 Å². The van der Waals surface area contributed by atoms with Gasteiger partial charge in [0.25, 0.3) is 0 Å². The number of carbonyl (C=O) groups is 2. The molecule has 20 heavy (non-hydrogen) atoms. The highest BCUT2D eigenvalue weighted by Gasteiger charge is 2.25. The van der Waals surface area contributed by atoms with Gasteiger partial charge < -0.3 is 15.4 Å². The summed E-state index contributed by atoms with van der Waals surface area (Å²) in [6.07, 6.45) is -0.641. The first-order valence-corrected chi connectivity index (χ1v) is 7.54. The number of ether oxygens (including phenoxy) is 1. The minimum absolute atomic E-state index is 0.0169. The lowest BCUT2D eigenvalue weighted by Gasteiger charge is -2.12. The Morgan fingerprint density at radius 3 is 2.75 bits per heavy atom. The smallest absolute Gasteiger partial charge is 0.407 e. The predicted molar refractivity (Wildman–Crippen MR) is 76.5 cm³/mol. The molecular weight excluding hydrogens is 278 g/mol. The fraction of sp³-hybridized carbons (Fsp3) is 0.385. The van der Waals surface area contributed by atoms with Crippen LogP contribution in [0.2, 0.25) is 0 Å². The maximum atomic E-state index is 11.9. The number of alkyl carbamates (subject to hydrolysis) is 1. The molecule has 106 valence electrons. The van der Waals surface area contributed by atoms with Crippen LogP contribution in [0.4, 0.5) is 10.5 Å². The van der Waals surface area contributed by atoms with Crippen LogP contribution in [0.3, 0.4) is 0 Å². The minimum Gasteiger partial charge on any atom is -0.439 e. The summed E-state index contributed by atoms with van der Waals surface area (Å²) in [4.78, 5) is 22.9. The zero-order valence-corrected chi connectivity index (χ0v) is 11.5. The molecule has 2 aliphatic rings. The van der Waals surface area contributed by atoms with Crippen LogP contribution in [-0.4, -0.2) is 36.2 Å². The van der Waals surface area contributed by atoms with Gasteiger partial charge in [-0.25, -0.2) is 4.79 Å². The molecule has 6 nitrogen and oxygen atoms in total. The molecule has 2 saturated heterocycles. The number of benzene rings is 1. The Morgan fingerprint density at radius 1 is 1.35 bits per heavy atom. The average molecular weight is 293 g/mol. The topological polar surface area (TPSA) is 79.5 Å². The van der Waals surface area contributed by atoms with Crippen molar-refractivity contribution in [2.24, 2.45) is 0 Å². The molecule has 2 atom stereocenters. The number of carbonyl (C=O) groups excluding carboxylic acids is 2. The first kappa shape index (κ1) is 13.3. The number of hydrogen-bond acceptors (Lipinski definition) is 5. The molecule has 0 bridgehead atoms. The van der Waals surface area contributed by atoms with Crippen molar-refractivity contribution in [1.29, 1.82) is 0 Å². The van der Waals surface area contributed by atoms with Crippen molar-refractivity contribution in [2.45, 2.75) is 12.1 Å². The lowest BCUT2D eigenvalue weighted by Crippen LogP contribution is -2.37. The predicted octanol–water partition coefficient (Wildman–Crippen LogP) is 1.07. The van der Waals surface area contributed by atoms with Crippen molar-refractivity contribution in [3.63, 3.8) is 0 Å². The molecule has 3 N–H and O–H groups in total. The van der Waals surface area contributed by atoms with E-state index in [1.54, 1.807) is 11.8 Å². The number of amides is 2. The Balaban J connectivity index is 1.61. The quantitative estimate of drug-likeness (QED) is 0.777. The van der Waals surface area contributed by atoms with Gasteiger partial charge in [-0.1, -0.05) is 12.1 Å². The van der Waals surface area contributed by atoms with E-state index in [9.17, 15) is 9.59 Å². The molecule has 2 aliphatic heterocycles. The number of hydrogen-bond donors (Lipinski definition) is 3. The van der Waals surface area contributed by atoms with E-state index in [0.29, 0.717) is 6.54 Å². The number of thioether (sulfide) groups is 1. The van der Waals surface area contributed by atoms with Crippen molar-refractivity contribution in [2.75, 3.05) is 23.5 Å². The summed E-state index contributed by atoms with van der Waals surface area (Å²) in [5.74, 6) is 1.60. The zero-order chi connectivity index (χ0) is 13.9. The van der Waals surface area contributed by atoms with Crippen LogP contribution in [0, 0.1) is 0 Å². The van der Waals surface area contributed by atoms with Crippen molar-refractivity contribution in [3.8, 4) is 0 Å². The van der Waals surface area contributed by atoms with E-state index in [2.05, 4.69) is 16.0 Å². The van der Waals surface area contributed by atoms with Crippen LogP contribution in [0.5, 0.6) is 0 Å². The van der Waals surface area contributed by atoms with Gasteiger partial charge in [0.05, 0.1) is 12.6 Å². The van der Waals surface area contributed by atoms with E-state index < -0.39 is 6.09 Å². The highest BCUT2D eigenvalue weighted by Crippen LogP contribution is 2.22. The van der Waals surface area contributed by atoms with E-state index >= 15 is 0 Å². The Kier molecular flexibility index (Phi) is 3.79. The number of nitrogens with one attached hydrogen (secondary N) is 3. The van der Waals surface area contributed by atoms with Crippen molar-refractivity contribution in [3.05, 3.63) is 29.8 Å². The molecule has 2 amide bonds. The maximum Gasteiger partial charge on any atom is 0.407 e. The highest BCUT2D eigenvalue weighted by atomic mass is 32.2. The van der Waals surface area contributed by atoms with Gasteiger partial charge in [0, 0.05) is 17.3 Å². The summed E-state index contributed by atoms with van der Waals surface area (Å²) in [6, 6.07) is 7.23. The fourth-order valence-electron chi connectivity index (χ4n) is 2.15. The molecule has 0 aliphatic carbocycles. The van der Waals surface area contributed by atoms with Gasteiger partial charge >= 0.3 is 6.09 Å². The van der Waals surface area contributed by atoms with Crippen LogP contribution in [0.25, 0.3) is 0 Å².